The molecule has 0 aliphatic carbocycles. The van der Waals surface area contributed by atoms with E-state index in [0.717, 1.165) is 5.56 Å². The molecule has 3 aromatic rings. The molecule has 0 spiro atoms. The van der Waals surface area contributed by atoms with Gasteiger partial charge in [0.15, 0.2) is 11.6 Å². The van der Waals surface area contributed by atoms with Gasteiger partial charge in [-0.2, -0.15) is 23.4 Å². The molecule has 3 rings (SSSR count). The second-order valence-electron chi connectivity index (χ2n) is 5.59. The van der Waals surface area contributed by atoms with E-state index in [-0.39, 0.29) is 36.8 Å². The number of amides is 1. The summed E-state index contributed by atoms with van der Waals surface area (Å²) in [7, 11) is 0. The van der Waals surface area contributed by atoms with Crippen molar-refractivity contribution in [3.8, 4) is 17.5 Å². The molecule has 144 valence electrons. The number of hydrogen-bond acceptors (Lipinski definition) is 7. The number of halogens is 3. The predicted octanol–water partition coefficient (Wildman–Crippen LogP) is 2.98. The summed E-state index contributed by atoms with van der Waals surface area (Å²) in [6.07, 6.45) is -3.03. The second kappa shape index (κ2) is 7.91. The number of carbonyl (C=O) groups is 1. The molecule has 11 heteroatoms. The monoisotopic (exact) mass is 391 g/mol. The van der Waals surface area contributed by atoms with Gasteiger partial charge in [0.1, 0.15) is 6.26 Å². The van der Waals surface area contributed by atoms with E-state index in [0.29, 0.717) is 5.56 Å². The molecule has 0 unspecified atom stereocenters. The van der Waals surface area contributed by atoms with E-state index in [2.05, 4.69) is 25.0 Å². The number of alkyl halides is 3. The minimum atomic E-state index is -4.70. The fraction of sp³-hybridized carbons (Fsp3) is 0.235. The highest BCUT2D eigenvalue weighted by Crippen LogP contribution is 2.29. The highest BCUT2D eigenvalue weighted by atomic mass is 19.4. The van der Waals surface area contributed by atoms with Crippen LogP contribution in [0.3, 0.4) is 0 Å². The third-order valence-corrected chi connectivity index (χ3v) is 3.54. The summed E-state index contributed by atoms with van der Waals surface area (Å²) < 4.78 is 47.0. The lowest BCUT2D eigenvalue weighted by Gasteiger charge is -2.00. The molecule has 2 heterocycles. The van der Waals surface area contributed by atoms with Gasteiger partial charge in [0.25, 0.3) is 5.91 Å². The summed E-state index contributed by atoms with van der Waals surface area (Å²) in [6.45, 7) is 0.213. The summed E-state index contributed by atoms with van der Waals surface area (Å²) >= 11 is 0. The average molecular weight is 391 g/mol. The van der Waals surface area contributed by atoms with Crippen molar-refractivity contribution in [2.45, 2.75) is 19.0 Å². The van der Waals surface area contributed by atoms with E-state index >= 15 is 0 Å². The van der Waals surface area contributed by atoms with Crippen LogP contribution in [0.4, 0.5) is 13.2 Å². The maximum Gasteiger partial charge on any atom is 0.471 e. The Bertz CT molecular complexity index is 1000. The molecular weight excluding hydrogens is 379 g/mol. The zero-order valence-corrected chi connectivity index (χ0v) is 14.2. The van der Waals surface area contributed by atoms with Crippen molar-refractivity contribution < 1.29 is 26.9 Å². The normalized spacial score (nSPS) is 11.2. The van der Waals surface area contributed by atoms with E-state index in [4.69, 9.17) is 9.68 Å². The lowest BCUT2D eigenvalue weighted by atomic mass is 10.1. The van der Waals surface area contributed by atoms with E-state index in [1.54, 1.807) is 24.3 Å². The van der Waals surface area contributed by atoms with E-state index < -0.39 is 18.0 Å². The molecule has 0 radical (unpaired) electrons. The smallest absolute Gasteiger partial charge is 0.448 e. The van der Waals surface area contributed by atoms with Crippen molar-refractivity contribution in [2.24, 2.45) is 0 Å². The van der Waals surface area contributed by atoms with Gasteiger partial charge >= 0.3 is 12.1 Å². The van der Waals surface area contributed by atoms with Gasteiger partial charge in [-0.05, 0) is 5.56 Å². The molecule has 1 aromatic carbocycles. The van der Waals surface area contributed by atoms with Crippen molar-refractivity contribution in [2.75, 3.05) is 6.54 Å². The summed E-state index contributed by atoms with van der Waals surface area (Å²) in [5.74, 6) is -1.74. The molecule has 1 amide bonds. The van der Waals surface area contributed by atoms with E-state index in [1.165, 1.54) is 6.26 Å². The molecule has 1 N–H and O–H groups in total. The van der Waals surface area contributed by atoms with Gasteiger partial charge in [-0.15, -0.1) is 0 Å². The van der Waals surface area contributed by atoms with Crippen molar-refractivity contribution >= 4 is 5.91 Å². The first kappa shape index (κ1) is 19.1. The van der Waals surface area contributed by atoms with Crippen LogP contribution in [0.5, 0.6) is 0 Å². The fourth-order valence-electron chi connectivity index (χ4n) is 2.22. The Hall–Kier alpha value is -3.68. The number of benzene rings is 1. The fourth-order valence-corrected chi connectivity index (χ4v) is 2.22. The molecule has 0 saturated carbocycles. The van der Waals surface area contributed by atoms with Crippen molar-refractivity contribution in [3.05, 3.63) is 53.6 Å². The standard InChI is InChI=1S/C17H12F3N5O3/c18-17(19,20)16-24-14(25-28-16)11-4-2-10(3-5-11)8-13-23-12(9-27-13)15(26)22-7-1-6-21/h2-5,9H,1,7-8H2,(H,22,26). The molecule has 0 saturated heterocycles. The van der Waals surface area contributed by atoms with Crippen molar-refractivity contribution in [1.82, 2.24) is 20.4 Å². The summed E-state index contributed by atoms with van der Waals surface area (Å²) in [4.78, 5) is 19.2. The average Bonchev–Trinajstić information content (AvgIpc) is 3.32. The summed E-state index contributed by atoms with van der Waals surface area (Å²) in [5.41, 5.74) is 1.20. The SMILES string of the molecule is N#CCCNC(=O)c1coc(Cc2ccc(-c3noc(C(F)(F)F)n3)cc2)n1. The predicted molar refractivity (Wildman–Crippen MR) is 86.6 cm³/mol. The van der Waals surface area contributed by atoms with Crippen LogP contribution in [0, 0.1) is 11.3 Å². The molecule has 8 nitrogen and oxygen atoms in total. The Labute approximate surface area is 156 Å². The van der Waals surface area contributed by atoms with Crippen molar-refractivity contribution in [1.29, 1.82) is 5.26 Å². The zero-order chi connectivity index (χ0) is 20.1. The Morgan fingerprint density at radius 2 is 1.96 bits per heavy atom. The van der Waals surface area contributed by atoms with Gasteiger partial charge in [0.2, 0.25) is 5.82 Å². The van der Waals surface area contributed by atoms with Gasteiger partial charge in [0, 0.05) is 18.5 Å². The number of aromatic nitrogens is 3. The van der Waals surface area contributed by atoms with Crippen LogP contribution in [-0.4, -0.2) is 27.6 Å². The van der Waals surface area contributed by atoms with E-state index in [1.807, 2.05) is 6.07 Å². The van der Waals surface area contributed by atoms with Gasteiger partial charge in [-0.1, -0.05) is 29.4 Å². The topological polar surface area (TPSA) is 118 Å². The molecule has 0 atom stereocenters. The van der Waals surface area contributed by atoms with Crippen LogP contribution in [0.1, 0.15) is 34.3 Å². The van der Waals surface area contributed by atoms with Gasteiger partial charge in [-0.25, -0.2) is 4.98 Å². The number of nitriles is 1. The van der Waals surface area contributed by atoms with Crippen LogP contribution in [0.2, 0.25) is 0 Å². The molecular formula is C17H12F3N5O3. The molecule has 0 fully saturated rings. The molecule has 28 heavy (non-hydrogen) atoms. The maximum absolute atomic E-state index is 12.5. The minimum Gasteiger partial charge on any atom is -0.448 e. The first-order valence-corrected chi connectivity index (χ1v) is 7.96. The van der Waals surface area contributed by atoms with Crippen LogP contribution < -0.4 is 5.32 Å². The number of nitrogens with zero attached hydrogens (tertiary/aromatic N) is 4. The first-order chi connectivity index (χ1) is 13.4. The van der Waals surface area contributed by atoms with Crippen LogP contribution in [0.25, 0.3) is 11.4 Å². The Balaban J connectivity index is 1.64. The number of oxazole rings is 1. The Morgan fingerprint density at radius 3 is 2.61 bits per heavy atom. The summed E-state index contributed by atoms with van der Waals surface area (Å²) in [5, 5.41) is 14.3. The molecule has 0 aliphatic rings. The number of nitrogens with one attached hydrogen (secondary N) is 1. The minimum absolute atomic E-state index is 0.0936. The number of rotatable bonds is 6. The molecule has 0 aliphatic heterocycles. The molecule has 0 bridgehead atoms. The highest BCUT2D eigenvalue weighted by Gasteiger charge is 2.38. The second-order valence-corrected chi connectivity index (χ2v) is 5.59. The van der Waals surface area contributed by atoms with Crippen LogP contribution in [0.15, 0.2) is 39.5 Å². The summed E-state index contributed by atoms with van der Waals surface area (Å²) in [6, 6.07) is 8.29. The quantitative estimate of drug-likeness (QED) is 0.642. The lowest BCUT2D eigenvalue weighted by Crippen LogP contribution is -2.24. The third-order valence-electron chi connectivity index (χ3n) is 3.54. The van der Waals surface area contributed by atoms with E-state index in [9.17, 15) is 18.0 Å². The first-order valence-electron chi connectivity index (χ1n) is 7.96. The largest absolute Gasteiger partial charge is 0.471 e. The van der Waals surface area contributed by atoms with Crippen LogP contribution >= 0.6 is 0 Å². The zero-order valence-electron chi connectivity index (χ0n) is 14.2. The Morgan fingerprint density at radius 1 is 1.21 bits per heavy atom. The Kier molecular flexibility index (Phi) is 5.39. The van der Waals surface area contributed by atoms with Gasteiger partial charge in [-0.3, -0.25) is 4.79 Å². The van der Waals surface area contributed by atoms with Gasteiger partial charge < -0.3 is 14.3 Å². The van der Waals surface area contributed by atoms with Crippen molar-refractivity contribution in [3.63, 3.8) is 0 Å². The van der Waals surface area contributed by atoms with Crippen LogP contribution in [-0.2, 0) is 12.6 Å². The lowest BCUT2D eigenvalue weighted by molar-refractivity contribution is -0.159. The molecule has 2 aromatic heterocycles. The number of carbonyl (C=O) groups excluding carboxylic acids is 1. The third kappa shape index (κ3) is 4.53. The number of hydrogen-bond donors (Lipinski definition) is 1. The highest BCUT2D eigenvalue weighted by molar-refractivity contribution is 5.91. The maximum atomic E-state index is 12.5. The van der Waals surface area contributed by atoms with Gasteiger partial charge in [0.05, 0.1) is 12.5 Å².